The van der Waals surface area contributed by atoms with Gasteiger partial charge in [0.25, 0.3) is 10.0 Å². The monoisotopic (exact) mass is 332 g/mol. The minimum absolute atomic E-state index is 0.235. The molecule has 0 spiro atoms. The fourth-order valence-corrected chi connectivity index (χ4v) is 4.90. The highest BCUT2D eigenvalue weighted by Gasteiger charge is 2.19. The molecule has 0 fully saturated rings. The van der Waals surface area contributed by atoms with Crippen molar-refractivity contribution in [3.8, 4) is 0 Å². The number of nitrogens with one attached hydrogen (secondary N) is 1. The zero-order valence-corrected chi connectivity index (χ0v) is 13.6. The number of anilines is 1. The Morgan fingerprint density at radius 3 is 2.75 bits per heavy atom. The van der Waals surface area contributed by atoms with Crippen LogP contribution in [0, 0.1) is 5.92 Å². The van der Waals surface area contributed by atoms with Gasteiger partial charge in [-0.05, 0) is 22.9 Å². The van der Waals surface area contributed by atoms with Crippen LogP contribution in [-0.4, -0.2) is 18.6 Å². The van der Waals surface area contributed by atoms with Gasteiger partial charge in [0.1, 0.15) is 9.22 Å². The largest absolute Gasteiger partial charge is 0.326 e. The summed E-state index contributed by atoms with van der Waals surface area (Å²) < 4.78 is 27.0. The van der Waals surface area contributed by atoms with Gasteiger partial charge < -0.3 is 5.73 Å². The molecule has 20 heavy (non-hydrogen) atoms. The van der Waals surface area contributed by atoms with Crippen molar-refractivity contribution in [2.24, 2.45) is 11.7 Å². The smallest absolute Gasteiger partial charge is 0.273 e. The molecule has 0 aliphatic carbocycles. The van der Waals surface area contributed by atoms with E-state index >= 15 is 0 Å². The van der Waals surface area contributed by atoms with Crippen LogP contribution in [0.25, 0.3) is 0 Å². The van der Waals surface area contributed by atoms with Crippen molar-refractivity contribution in [1.82, 2.24) is 10.2 Å². The molecule has 0 bridgehead atoms. The highest BCUT2D eigenvalue weighted by molar-refractivity contribution is 7.94. The summed E-state index contributed by atoms with van der Waals surface area (Å²) in [4.78, 5) is 0. The summed E-state index contributed by atoms with van der Waals surface area (Å²) in [6.45, 7) is 4.47. The molecule has 2 aromatic rings. The Bertz CT molecular complexity index is 675. The summed E-state index contributed by atoms with van der Waals surface area (Å²) in [5.41, 5.74) is 6.28. The number of rotatable bonds is 6. The molecule has 0 amide bonds. The summed E-state index contributed by atoms with van der Waals surface area (Å²) >= 11 is 2.41. The molecular weight excluding hydrogens is 316 g/mol. The Hall–Kier alpha value is -1.03. The lowest BCUT2D eigenvalue weighted by Gasteiger charge is -2.01. The van der Waals surface area contributed by atoms with Crippen LogP contribution in [0.1, 0.15) is 24.4 Å². The van der Waals surface area contributed by atoms with Crippen molar-refractivity contribution in [2.45, 2.75) is 31.0 Å². The molecule has 0 aliphatic rings. The second-order valence-electron chi connectivity index (χ2n) is 4.68. The highest BCUT2D eigenvalue weighted by atomic mass is 32.2. The van der Waals surface area contributed by atoms with Crippen LogP contribution in [0.4, 0.5) is 5.13 Å². The van der Waals surface area contributed by atoms with E-state index in [-0.39, 0.29) is 4.21 Å². The summed E-state index contributed by atoms with van der Waals surface area (Å²) in [7, 11) is -3.60. The Morgan fingerprint density at radius 1 is 1.40 bits per heavy atom. The third-order valence-corrected chi connectivity index (χ3v) is 6.22. The topological polar surface area (TPSA) is 98.0 Å². The molecule has 2 heterocycles. The lowest BCUT2D eigenvalue weighted by molar-refractivity contribution is 0.603. The maximum atomic E-state index is 12.2. The van der Waals surface area contributed by atoms with E-state index in [1.807, 2.05) is 0 Å². The Morgan fingerprint density at radius 2 is 2.15 bits per heavy atom. The number of thiophene rings is 1. The second-order valence-corrected chi connectivity index (χ2v) is 8.57. The average molecular weight is 332 g/mol. The molecule has 0 aromatic carbocycles. The zero-order chi connectivity index (χ0) is 14.8. The molecule has 110 valence electrons. The summed E-state index contributed by atoms with van der Waals surface area (Å²) in [6, 6.07) is 1.57. The minimum Gasteiger partial charge on any atom is -0.326 e. The van der Waals surface area contributed by atoms with Crippen molar-refractivity contribution in [1.29, 1.82) is 0 Å². The Labute approximate surface area is 126 Å². The molecule has 2 rings (SSSR count). The van der Waals surface area contributed by atoms with E-state index in [0.29, 0.717) is 17.6 Å². The van der Waals surface area contributed by atoms with Gasteiger partial charge in [0.05, 0.1) is 0 Å². The number of hydrogen-bond acceptors (Lipinski definition) is 7. The molecule has 3 N–H and O–H groups in total. The first kappa shape index (κ1) is 15.4. The van der Waals surface area contributed by atoms with Gasteiger partial charge in [0, 0.05) is 13.0 Å². The average Bonchev–Trinajstić information content (AvgIpc) is 2.97. The van der Waals surface area contributed by atoms with Gasteiger partial charge in [0.15, 0.2) is 0 Å². The predicted octanol–water partition coefficient (Wildman–Crippen LogP) is 2.06. The number of aromatic nitrogens is 2. The molecule has 0 radical (unpaired) electrons. The van der Waals surface area contributed by atoms with Crippen molar-refractivity contribution in [2.75, 3.05) is 4.72 Å². The molecule has 0 aliphatic heterocycles. The lowest BCUT2D eigenvalue weighted by atomic mass is 10.1. The van der Waals surface area contributed by atoms with E-state index in [0.717, 1.165) is 28.3 Å². The SMILES string of the molecule is CC(C)Cc1nnc(NS(=O)(=O)c2cc(CN)cs2)s1. The van der Waals surface area contributed by atoms with Crippen LogP contribution in [0.3, 0.4) is 0 Å². The number of sulfonamides is 1. The van der Waals surface area contributed by atoms with Crippen molar-refractivity contribution < 1.29 is 8.42 Å². The molecule has 6 nitrogen and oxygen atoms in total. The first-order valence-corrected chi connectivity index (χ1v) is 9.21. The summed E-state index contributed by atoms with van der Waals surface area (Å²) in [5, 5.41) is 10.7. The van der Waals surface area contributed by atoms with Crippen molar-refractivity contribution >= 4 is 37.8 Å². The predicted molar refractivity (Wildman–Crippen MR) is 81.5 cm³/mol. The molecule has 0 atom stereocenters. The quantitative estimate of drug-likeness (QED) is 0.843. The molecule has 9 heteroatoms. The first-order chi connectivity index (χ1) is 9.40. The van der Waals surface area contributed by atoms with Crippen LogP contribution in [0.2, 0.25) is 0 Å². The van der Waals surface area contributed by atoms with Gasteiger partial charge >= 0.3 is 0 Å². The van der Waals surface area contributed by atoms with Gasteiger partial charge in [-0.3, -0.25) is 4.72 Å². The normalized spacial score (nSPS) is 12.0. The number of nitrogens with two attached hydrogens (primary N) is 1. The summed E-state index contributed by atoms with van der Waals surface area (Å²) in [5.74, 6) is 0.455. The van der Waals surface area contributed by atoms with Gasteiger partial charge in [0.2, 0.25) is 5.13 Å². The molecule has 0 saturated carbocycles. The van der Waals surface area contributed by atoms with E-state index < -0.39 is 10.0 Å². The standard InChI is InChI=1S/C11H16N4O2S3/c1-7(2)3-9-13-14-11(19-9)15-20(16,17)10-4-8(5-12)6-18-10/h4,6-7H,3,5,12H2,1-2H3,(H,14,15). The summed E-state index contributed by atoms with van der Waals surface area (Å²) in [6.07, 6.45) is 0.787. The van der Waals surface area contributed by atoms with Gasteiger partial charge in [-0.15, -0.1) is 21.5 Å². The van der Waals surface area contributed by atoms with Crippen LogP contribution < -0.4 is 10.5 Å². The molecular formula is C11H16N4O2S3. The van der Waals surface area contributed by atoms with Crippen molar-refractivity contribution in [3.05, 3.63) is 22.0 Å². The van der Waals surface area contributed by atoms with Crippen LogP contribution >= 0.6 is 22.7 Å². The maximum absolute atomic E-state index is 12.2. The minimum atomic E-state index is -3.60. The van der Waals surface area contributed by atoms with Crippen LogP contribution in [-0.2, 0) is 23.0 Å². The Balaban J connectivity index is 2.13. The molecule has 0 saturated heterocycles. The molecule has 0 unspecified atom stereocenters. The Kier molecular flexibility index (Phi) is 4.74. The second kappa shape index (κ2) is 6.17. The van der Waals surface area contributed by atoms with E-state index in [1.165, 1.54) is 11.3 Å². The third-order valence-electron chi connectivity index (χ3n) is 2.40. The number of hydrogen-bond donors (Lipinski definition) is 2. The van der Waals surface area contributed by atoms with Gasteiger partial charge in [-0.25, -0.2) is 8.42 Å². The zero-order valence-electron chi connectivity index (χ0n) is 11.2. The van der Waals surface area contributed by atoms with Gasteiger partial charge in [-0.1, -0.05) is 25.2 Å². The van der Waals surface area contributed by atoms with Crippen molar-refractivity contribution in [3.63, 3.8) is 0 Å². The van der Waals surface area contributed by atoms with Crippen LogP contribution in [0.15, 0.2) is 15.7 Å². The maximum Gasteiger partial charge on any atom is 0.273 e. The highest BCUT2D eigenvalue weighted by Crippen LogP contribution is 2.25. The fraction of sp³-hybridized carbons (Fsp3) is 0.455. The van der Waals surface area contributed by atoms with E-state index in [4.69, 9.17) is 5.73 Å². The number of nitrogens with zero attached hydrogens (tertiary/aromatic N) is 2. The van der Waals surface area contributed by atoms with Gasteiger partial charge in [-0.2, -0.15) is 0 Å². The van der Waals surface area contributed by atoms with Crippen LogP contribution in [0.5, 0.6) is 0 Å². The third kappa shape index (κ3) is 3.75. The van der Waals surface area contributed by atoms with E-state index in [2.05, 4.69) is 28.8 Å². The van der Waals surface area contributed by atoms with E-state index in [1.54, 1.807) is 11.4 Å². The van der Waals surface area contributed by atoms with E-state index in [9.17, 15) is 8.42 Å². The fourth-order valence-electron chi connectivity index (χ4n) is 1.49. The molecule has 2 aromatic heterocycles. The first-order valence-electron chi connectivity index (χ1n) is 6.03. The lowest BCUT2D eigenvalue weighted by Crippen LogP contribution is -2.11.